The van der Waals surface area contributed by atoms with Gasteiger partial charge in [0.15, 0.2) is 12.9 Å². The Balaban J connectivity index is 1.75. The summed E-state index contributed by atoms with van der Waals surface area (Å²) in [6.07, 6.45) is 0.737. The molecule has 0 spiro atoms. The van der Waals surface area contributed by atoms with Gasteiger partial charge in [0.25, 0.3) is 5.91 Å². The van der Waals surface area contributed by atoms with Crippen molar-refractivity contribution in [3.05, 3.63) is 60.2 Å². The fraction of sp³-hybridized carbons (Fsp3) is 0.143. The lowest BCUT2D eigenvalue weighted by Crippen LogP contribution is -2.21. The van der Waals surface area contributed by atoms with Gasteiger partial charge in [0.05, 0.1) is 25.5 Å². The summed E-state index contributed by atoms with van der Waals surface area (Å²) in [5.41, 5.74) is 0.888. The van der Waals surface area contributed by atoms with E-state index in [-0.39, 0.29) is 12.5 Å². The quantitative estimate of drug-likeness (QED) is 0.647. The number of methoxy groups -OCH3 is 2. The minimum atomic E-state index is -0.383. The summed E-state index contributed by atoms with van der Waals surface area (Å²) < 4.78 is 16.0. The van der Waals surface area contributed by atoms with E-state index in [1.165, 1.54) is 14.2 Å². The Morgan fingerprint density at radius 1 is 1.00 bits per heavy atom. The SMILES string of the molecule is COc1ccc(OC)c(NC(=O)COc2ccc3ccccc3c2C=O)c1. The zero-order valence-electron chi connectivity index (χ0n) is 15.0. The molecule has 0 radical (unpaired) electrons. The summed E-state index contributed by atoms with van der Waals surface area (Å²) in [6.45, 7) is -0.250. The van der Waals surface area contributed by atoms with Crippen molar-refractivity contribution in [1.29, 1.82) is 0 Å². The summed E-state index contributed by atoms with van der Waals surface area (Å²) in [4.78, 5) is 23.8. The average Bonchev–Trinajstić information content (AvgIpc) is 2.71. The van der Waals surface area contributed by atoms with Gasteiger partial charge in [0.2, 0.25) is 0 Å². The Morgan fingerprint density at radius 3 is 2.52 bits per heavy atom. The van der Waals surface area contributed by atoms with Crippen molar-refractivity contribution in [3.8, 4) is 17.2 Å². The molecular formula is C21H19NO5. The zero-order valence-corrected chi connectivity index (χ0v) is 15.0. The standard InChI is InChI=1S/C21H19NO5/c1-25-15-8-10-20(26-2)18(11-15)22-21(24)13-27-19-9-7-14-5-3-4-6-16(14)17(19)12-23/h3-12H,13H2,1-2H3,(H,22,24). The Morgan fingerprint density at radius 2 is 1.78 bits per heavy atom. The Bertz CT molecular complexity index is 983. The smallest absolute Gasteiger partial charge is 0.262 e. The molecule has 0 heterocycles. The number of hydrogen-bond acceptors (Lipinski definition) is 5. The number of ether oxygens (including phenoxy) is 3. The lowest BCUT2D eigenvalue weighted by Gasteiger charge is -2.13. The first-order chi connectivity index (χ1) is 13.2. The van der Waals surface area contributed by atoms with Crippen LogP contribution in [-0.2, 0) is 4.79 Å². The summed E-state index contributed by atoms with van der Waals surface area (Å²) in [7, 11) is 3.05. The topological polar surface area (TPSA) is 73.9 Å². The van der Waals surface area contributed by atoms with Gasteiger partial charge in [-0.25, -0.2) is 0 Å². The van der Waals surface area contributed by atoms with Crippen LogP contribution >= 0.6 is 0 Å². The zero-order chi connectivity index (χ0) is 19.2. The molecule has 0 atom stereocenters. The third kappa shape index (κ3) is 4.00. The van der Waals surface area contributed by atoms with Gasteiger partial charge >= 0.3 is 0 Å². The van der Waals surface area contributed by atoms with E-state index in [1.54, 1.807) is 24.3 Å². The van der Waals surface area contributed by atoms with Crippen LogP contribution in [0, 0.1) is 0 Å². The molecule has 1 N–H and O–H groups in total. The molecule has 3 aromatic carbocycles. The van der Waals surface area contributed by atoms with Gasteiger partial charge < -0.3 is 19.5 Å². The molecule has 27 heavy (non-hydrogen) atoms. The maximum absolute atomic E-state index is 12.3. The van der Waals surface area contributed by atoms with Crippen molar-refractivity contribution in [2.75, 3.05) is 26.1 Å². The second-order valence-corrected chi connectivity index (χ2v) is 5.72. The number of carbonyl (C=O) groups is 2. The molecule has 0 bridgehead atoms. The predicted molar refractivity (Wildman–Crippen MR) is 103 cm³/mol. The second-order valence-electron chi connectivity index (χ2n) is 5.72. The van der Waals surface area contributed by atoms with Crippen LogP contribution in [0.3, 0.4) is 0 Å². The number of benzene rings is 3. The maximum Gasteiger partial charge on any atom is 0.262 e. The van der Waals surface area contributed by atoms with Crippen LogP contribution < -0.4 is 19.5 Å². The Hall–Kier alpha value is -3.54. The molecule has 0 aliphatic rings. The molecule has 6 heteroatoms. The largest absolute Gasteiger partial charge is 0.497 e. The third-order valence-corrected chi connectivity index (χ3v) is 4.09. The van der Waals surface area contributed by atoms with E-state index in [0.717, 1.165) is 17.1 Å². The first kappa shape index (κ1) is 18.3. The minimum Gasteiger partial charge on any atom is -0.497 e. The van der Waals surface area contributed by atoms with Crippen LogP contribution in [0.5, 0.6) is 17.2 Å². The average molecular weight is 365 g/mol. The van der Waals surface area contributed by atoms with Gasteiger partial charge in [0.1, 0.15) is 17.2 Å². The first-order valence-electron chi connectivity index (χ1n) is 8.28. The van der Waals surface area contributed by atoms with E-state index < -0.39 is 0 Å². The monoisotopic (exact) mass is 365 g/mol. The second kappa shape index (κ2) is 8.23. The molecule has 0 aliphatic carbocycles. The van der Waals surface area contributed by atoms with Crippen molar-refractivity contribution in [3.63, 3.8) is 0 Å². The van der Waals surface area contributed by atoms with E-state index in [1.807, 2.05) is 30.3 Å². The van der Waals surface area contributed by atoms with Crippen molar-refractivity contribution < 1.29 is 23.8 Å². The number of carbonyl (C=O) groups excluding carboxylic acids is 2. The van der Waals surface area contributed by atoms with E-state index in [2.05, 4.69) is 5.32 Å². The lowest BCUT2D eigenvalue weighted by molar-refractivity contribution is -0.118. The molecule has 0 fully saturated rings. The molecule has 0 aromatic heterocycles. The Kier molecular flexibility index (Phi) is 5.56. The van der Waals surface area contributed by atoms with Crippen LogP contribution in [0.4, 0.5) is 5.69 Å². The van der Waals surface area contributed by atoms with Crippen molar-refractivity contribution >= 4 is 28.7 Å². The molecule has 0 unspecified atom stereocenters. The number of anilines is 1. The van der Waals surface area contributed by atoms with E-state index in [4.69, 9.17) is 14.2 Å². The molecule has 0 saturated carbocycles. The Labute approximate surface area is 156 Å². The van der Waals surface area contributed by atoms with Crippen molar-refractivity contribution in [2.24, 2.45) is 0 Å². The molecule has 0 saturated heterocycles. The molecule has 0 aliphatic heterocycles. The summed E-state index contributed by atoms with van der Waals surface area (Å²) in [5.74, 6) is 1.07. The van der Waals surface area contributed by atoms with Gasteiger partial charge in [-0.1, -0.05) is 30.3 Å². The van der Waals surface area contributed by atoms with Gasteiger partial charge in [0, 0.05) is 6.07 Å². The summed E-state index contributed by atoms with van der Waals surface area (Å²) in [5, 5.41) is 4.43. The number of fused-ring (bicyclic) bond motifs is 1. The number of nitrogens with one attached hydrogen (secondary N) is 1. The van der Waals surface area contributed by atoms with Gasteiger partial charge in [-0.2, -0.15) is 0 Å². The summed E-state index contributed by atoms with van der Waals surface area (Å²) in [6, 6.07) is 16.1. The van der Waals surface area contributed by atoms with E-state index in [0.29, 0.717) is 28.5 Å². The van der Waals surface area contributed by atoms with Crippen LogP contribution in [0.1, 0.15) is 10.4 Å². The fourth-order valence-electron chi connectivity index (χ4n) is 2.76. The molecule has 3 rings (SSSR count). The highest BCUT2D eigenvalue weighted by Crippen LogP contribution is 2.29. The highest BCUT2D eigenvalue weighted by molar-refractivity contribution is 6.01. The van der Waals surface area contributed by atoms with E-state index >= 15 is 0 Å². The molecular weight excluding hydrogens is 346 g/mol. The lowest BCUT2D eigenvalue weighted by atomic mass is 10.0. The number of hydrogen-bond donors (Lipinski definition) is 1. The molecule has 1 amide bonds. The molecule has 3 aromatic rings. The van der Waals surface area contributed by atoms with Crippen LogP contribution in [0.15, 0.2) is 54.6 Å². The fourth-order valence-corrected chi connectivity index (χ4v) is 2.76. The van der Waals surface area contributed by atoms with Gasteiger partial charge in [-0.15, -0.1) is 0 Å². The van der Waals surface area contributed by atoms with Crippen molar-refractivity contribution in [2.45, 2.75) is 0 Å². The molecule has 138 valence electrons. The van der Waals surface area contributed by atoms with E-state index in [9.17, 15) is 9.59 Å². The highest BCUT2D eigenvalue weighted by atomic mass is 16.5. The maximum atomic E-state index is 12.3. The minimum absolute atomic E-state index is 0.250. The van der Waals surface area contributed by atoms with Crippen LogP contribution in [-0.4, -0.2) is 33.0 Å². The van der Waals surface area contributed by atoms with Gasteiger partial charge in [-0.3, -0.25) is 9.59 Å². The number of aldehydes is 1. The third-order valence-electron chi connectivity index (χ3n) is 4.09. The normalized spacial score (nSPS) is 10.3. The summed E-state index contributed by atoms with van der Waals surface area (Å²) >= 11 is 0. The highest BCUT2D eigenvalue weighted by Gasteiger charge is 2.12. The van der Waals surface area contributed by atoms with Crippen LogP contribution in [0.2, 0.25) is 0 Å². The van der Waals surface area contributed by atoms with Crippen molar-refractivity contribution in [1.82, 2.24) is 0 Å². The molecule has 6 nitrogen and oxygen atoms in total. The number of rotatable bonds is 7. The van der Waals surface area contributed by atoms with Gasteiger partial charge in [-0.05, 0) is 29.0 Å². The van der Waals surface area contributed by atoms with Crippen LogP contribution in [0.25, 0.3) is 10.8 Å². The number of amides is 1. The first-order valence-corrected chi connectivity index (χ1v) is 8.28. The predicted octanol–water partition coefficient (Wildman–Crippen LogP) is 3.69.